The van der Waals surface area contributed by atoms with Gasteiger partial charge in [-0.2, -0.15) is 5.10 Å². The van der Waals surface area contributed by atoms with E-state index in [0.717, 1.165) is 23.2 Å². The van der Waals surface area contributed by atoms with Crippen molar-refractivity contribution in [3.05, 3.63) is 59.7 Å². The van der Waals surface area contributed by atoms with Crippen molar-refractivity contribution in [2.45, 2.75) is 17.7 Å². The van der Waals surface area contributed by atoms with Crippen LogP contribution in [0.5, 0.6) is 0 Å². The van der Waals surface area contributed by atoms with Crippen LogP contribution in [0, 0.1) is 5.82 Å². The average molecular weight is 400 g/mol. The van der Waals surface area contributed by atoms with Crippen LogP contribution in [0.3, 0.4) is 0 Å². The number of imidazole rings is 1. The largest absolute Gasteiger partial charge is 0.331 e. The molecule has 144 valence electrons. The molecular formula is C19H17FN4O3S. The molecule has 0 aliphatic carbocycles. The molecule has 0 radical (unpaired) electrons. The number of sulfone groups is 1. The second-order valence-corrected chi connectivity index (χ2v) is 8.63. The fraction of sp³-hybridized carbons (Fsp3) is 0.211. The van der Waals surface area contributed by atoms with E-state index in [2.05, 4.69) is 15.5 Å². The fourth-order valence-electron chi connectivity index (χ4n) is 3.26. The third-order valence-electron chi connectivity index (χ3n) is 4.71. The normalized spacial score (nSPS) is 16.9. The van der Waals surface area contributed by atoms with Gasteiger partial charge in [0.25, 0.3) is 0 Å². The molecule has 1 N–H and O–H groups in total. The molecule has 2 heterocycles. The first-order valence-corrected chi connectivity index (χ1v) is 10.3. The minimum absolute atomic E-state index is 0.0102. The standard InChI is InChI=1S/C19H17FN4O3S/c1-24-16-5-3-2-4-15(16)21-18(24)11-19(25)23-22-14-8-9-28(26,27)17-7-6-12(20)10-13(14)17/h2-7,10H,8-9,11H2,1H3,(H,23,25)/b22-14+. The monoisotopic (exact) mass is 400 g/mol. The minimum Gasteiger partial charge on any atom is -0.331 e. The molecule has 9 heteroatoms. The van der Waals surface area contributed by atoms with Gasteiger partial charge in [0.05, 0.1) is 33.8 Å². The number of amides is 1. The van der Waals surface area contributed by atoms with Gasteiger partial charge in [0.1, 0.15) is 11.6 Å². The van der Waals surface area contributed by atoms with E-state index in [1.807, 2.05) is 35.9 Å². The summed E-state index contributed by atoms with van der Waals surface area (Å²) in [7, 11) is -1.64. The van der Waals surface area contributed by atoms with Crippen molar-refractivity contribution < 1.29 is 17.6 Å². The van der Waals surface area contributed by atoms with Crippen LogP contribution in [0.25, 0.3) is 11.0 Å². The second kappa shape index (κ2) is 6.83. The lowest BCUT2D eigenvalue weighted by atomic mass is 10.1. The third kappa shape index (κ3) is 3.29. The lowest BCUT2D eigenvalue weighted by molar-refractivity contribution is -0.120. The highest BCUT2D eigenvalue weighted by atomic mass is 32.2. The number of nitrogens with zero attached hydrogens (tertiary/aromatic N) is 3. The molecule has 0 saturated carbocycles. The van der Waals surface area contributed by atoms with Crippen LogP contribution in [-0.4, -0.2) is 35.3 Å². The van der Waals surface area contributed by atoms with E-state index >= 15 is 0 Å². The molecule has 7 nitrogen and oxygen atoms in total. The van der Waals surface area contributed by atoms with E-state index in [0.29, 0.717) is 11.5 Å². The Bertz CT molecular complexity index is 1230. The maximum Gasteiger partial charge on any atom is 0.247 e. The number of carbonyl (C=O) groups is 1. The van der Waals surface area contributed by atoms with Crippen molar-refractivity contribution in [3.8, 4) is 0 Å². The van der Waals surface area contributed by atoms with Crippen LogP contribution in [-0.2, 0) is 28.1 Å². The lowest BCUT2D eigenvalue weighted by Crippen LogP contribution is -2.27. The summed E-state index contributed by atoms with van der Waals surface area (Å²) in [6.45, 7) is 0. The lowest BCUT2D eigenvalue weighted by Gasteiger charge is -2.18. The number of fused-ring (bicyclic) bond motifs is 2. The summed E-state index contributed by atoms with van der Waals surface area (Å²) >= 11 is 0. The van der Waals surface area contributed by atoms with Crippen molar-refractivity contribution in [1.82, 2.24) is 15.0 Å². The van der Waals surface area contributed by atoms with Gasteiger partial charge in [0.2, 0.25) is 5.91 Å². The Balaban J connectivity index is 1.56. The Morgan fingerprint density at radius 3 is 2.86 bits per heavy atom. The molecule has 28 heavy (non-hydrogen) atoms. The first-order valence-electron chi connectivity index (χ1n) is 8.63. The van der Waals surface area contributed by atoms with Crippen LogP contribution in [0.15, 0.2) is 52.5 Å². The Hall–Kier alpha value is -3.07. The number of carbonyl (C=O) groups excluding carboxylic acids is 1. The zero-order valence-corrected chi connectivity index (χ0v) is 15.8. The van der Waals surface area contributed by atoms with Gasteiger partial charge in [-0.15, -0.1) is 0 Å². The summed E-state index contributed by atoms with van der Waals surface area (Å²) in [5.74, 6) is -0.506. The number of hydrogen-bond acceptors (Lipinski definition) is 5. The van der Waals surface area contributed by atoms with Crippen molar-refractivity contribution >= 4 is 32.5 Å². The number of aromatic nitrogens is 2. The van der Waals surface area contributed by atoms with Crippen molar-refractivity contribution in [2.24, 2.45) is 12.1 Å². The van der Waals surface area contributed by atoms with Gasteiger partial charge in [-0.25, -0.2) is 23.2 Å². The quantitative estimate of drug-likeness (QED) is 0.537. The summed E-state index contributed by atoms with van der Waals surface area (Å²) < 4.78 is 39.7. The molecule has 3 aromatic rings. The van der Waals surface area contributed by atoms with Gasteiger partial charge in [-0.1, -0.05) is 12.1 Å². The number of rotatable bonds is 3. The molecule has 0 bridgehead atoms. The minimum atomic E-state index is -3.47. The zero-order chi connectivity index (χ0) is 19.9. The highest BCUT2D eigenvalue weighted by Crippen LogP contribution is 2.26. The Labute approximate surface area is 160 Å². The van der Waals surface area contributed by atoms with Crippen LogP contribution in [0.2, 0.25) is 0 Å². The SMILES string of the molecule is Cn1c(CC(=O)N/N=C2\CCS(=O)(=O)c3ccc(F)cc32)nc2ccccc21. The van der Waals surface area contributed by atoms with Gasteiger partial charge < -0.3 is 4.57 Å². The van der Waals surface area contributed by atoms with E-state index in [1.54, 1.807) is 0 Å². The highest BCUT2D eigenvalue weighted by Gasteiger charge is 2.28. The predicted octanol–water partition coefficient (Wildman–Crippen LogP) is 1.95. The van der Waals surface area contributed by atoms with E-state index < -0.39 is 21.6 Å². The maximum atomic E-state index is 13.6. The zero-order valence-electron chi connectivity index (χ0n) is 15.0. The van der Waals surface area contributed by atoms with Crippen LogP contribution in [0.4, 0.5) is 4.39 Å². The number of nitrogens with one attached hydrogen (secondary N) is 1. The first kappa shape index (κ1) is 18.3. The number of aryl methyl sites for hydroxylation is 1. The summed E-state index contributed by atoms with van der Waals surface area (Å²) in [6.07, 6.45) is 0.113. The molecule has 0 fully saturated rings. The number of halogens is 1. The number of hydrogen-bond donors (Lipinski definition) is 1. The summed E-state index contributed by atoms with van der Waals surface area (Å²) in [5.41, 5.74) is 4.67. The average Bonchev–Trinajstić information content (AvgIpc) is 2.97. The fourth-order valence-corrected chi connectivity index (χ4v) is 4.73. The first-order chi connectivity index (χ1) is 13.3. The molecule has 0 unspecified atom stereocenters. The predicted molar refractivity (Wildman–Crippen MR) is 102 cm³/mol. The molecule has 1 aliphatic heterocycles. The molecule has 0 spiro atoms. The summed E-state index contributed by atoms with van der Waals surface area (Å²) in [4.78, 5) is 16.8. The molecule has 0 saturated heterocycles. The van der Waals surface area contributed by atoms with Crippen LogP contribution >= 0.6 is 0 Å². The Morgan fingerprint density at radius 2 is 2.07 bits per heavy atom. The van der Waals surface area contributed by atoms with E-state index in [4.69, 9.17) is 0 Å². The van der Waals surface area contributed by atoms with Gasteiger partial charge in [0, 0.05) is 19.0 Å². The second-order valence-electron chi connectivity index (χ2n) is 6.56. The summed E-state index contributed by atoms with van der Waals surface area (Å²) in [6, 6.07) is 11.0. The highest BCUT2D eigenvalue weighted by molar-refractivity contribution is 7.91. The van der Waals surface area contributed by atoms with Gasteiger partial charge in [-0.05, 0) is 30.3 Å². The van der Waals surface area contributed by atoms with Crippen LogP contribution < -0.4 is 5.43 Å². The van der Waals surface area contributed by atoms with E-state index in [1.165, 1.54) is 6.07 Å². The molecule has 1 aromatic heterocycles. The van der Waals surface area contributed by atoms with E-state index in [-0.39, 0.29) is 29.1 Å². The molecule has 0 atom stereocenters. The van der Waals surface area contributed by atoms with E-state index in [9.17, 15) is 17.6 Å². The number of benzene rings is 2. The smallest absolute Gasteiger partial charge is 0.247 e. The maximum absolute atomic E-state index is 13.6. The Morgan fingerprint density at radius 1 is 1.29 bits per heavy atom. The van der Waals surface area contributed by atoms with Gasteiger partial charge >= 0.3 is 0 Å². The Kier molecular flexibility index (Phi) is 4.46. The molecule has 1 amide bonds. The topological polar surface area (TPSA) is 93.4 Å². The third-order valence-corrected chi connectivity index (χ3v) is 6.48. The van der Waals surface area contributed by atoms with Crippen LogP contribution in [0.1, 0.15) is 17.8 Å². The van der Waals surface area contributed by atoms with Crippen molar-refractivity contribution in [1.29, 1.82) is 0 Å². The molecule has 4 rings (SSSR count). The van der Waals surface area contributed by atoms with Crippen molar-refractivity contribution in [3.63, 3.8) is 0 Å². The van der Waals surface area contributed by atoms with Crippen molar-refractivity contribution in [2.75, 3.05) is 5.75 Å². The molecule has 1 aliphatic rings. The molecular weight excluding hydrogens is 383 g/mol. The van der Waals surface area contributed by atoms with Gasteiger partial charge in [-0.3, -0.25) is 4.79 Å². The number of hydrazone groups is 1. The number of para-hydroxylation sites is 2. The molecule has 2 aromatic carbocycles. The summed E-state index contributed by atoms with van der Waals surface area (Å²) in [5, 5.41) is 4.06. The van der Waals surface area contributed by atoms with Gasteiger partial charge in [0.15, 0.2) is 9.84 Å².